The Balaban J connectivity index is 1.51. The number of ether oxygens (including phenoxy) is 3. The molecule has 1 aliphatic heterocycles. The van der Waals surface area contributed by atoms with Crippen LogP contribution in [0.3, 0.4) is 0 Å². The van der Waals surface area contributed by atoms with Crippen LogP contribution in [0.4, 0.5) is 11.6 Å². The summed E-state index contributed by atoms with van der Waals surface area (Å²) in [7, 11) is -2.63. The molecule has 0 fully saturated rings. The minimum absolute atomic E-state index is 0.0549. The van der Waals surface area contributed by atoms with E-state index in [9.17, 15) is 18.5 Å². The summed E-state index contributed by atoms with van der Waals surface area (Å²) < 4.78 is 49.4. The van der Waals surface area contributed by atoms with Crippen LogP contribution < -0.4 is 19.5 Å². The highest BCUT2D eigenvalue weighted by molar-refractivity contribution is 7.91. The third-order valence-electron chi connectivity index (χ3n) is 5.86. The number of fused-ring (bicyclic) bond motifs is 1. The predicted molar refractivity (Wildman–Crippen MR) is 137 cm³/mol. The van der Waals surface area contributed by atoms with Crippen LogP contribution in [0.15, 0.2) is 81.1 Å². The summed E-state index contributed by atoms with van der Waals surface area (Å²) in [6.07, 6.45) is 0.537. The van der Waals surface area contributed by atoms with Gasteiger partial charge < -0.3 is 23.9 Å². The van der Waals surface area contributed by atoms with Gasteiger partial charge in [0, 0.05) is 18.7 Å². The monoisotopic (exact) mass is 537 g/mol. The summed E-state index contributed by atoms with van der Waals surface area (Å²) in [6.45, 7) is 0.964. The Bertz CT molecular complexity index is 1580. The minimum Gasteiger partial charge on any atom is -0.497 e. The normalized spacial score (nSPS) is 12.7. The number of hydrogen-bond donors (Lipinski definition) is 1. The van der Waals surface area contributed by atoms with Crippen molar-refractivity contribution >= 4 is 21.4 Å². The van der Waals surface area contributed by atoms with Crippen LogP contribution in [0.1, 0.15) is 5.56 Å². The Morgan fingerprint density at radius 3 is 2.50 bits per heavy atom. The number of aromatic nitrogens is 1. The molecule has 0 aliphatic carbocycles. The fourth-order valence-corrected chi connectivity index (χ4v) is 5.24. The fraction of sp³-hybridized carbons (Fsp3) is 0.192. The molecule has 0 bridgehead atoms. The largest absolute Gasteiger partial charge is 0.497 e. The van der Waals surface area contributed by atoms with Crippen molar-refractivity contribution in [2.45, 2.75) is 16.3 Å². The highest BCUT2D eigenvalue weighted by atomic mass is 32.2. The summed E-state index contributed by atoms with van der Waals surface area (Å²) >= 11 is 0. The number of nitrogens with zero attached hydrogens (tertiary/aromatic N) is 2. The average molecular weight is 538 g/mol. The molecule has 0 saturated carbocycles. The second kappa shape index (κ2) is 10.4. The number of nitro groups is 1. The molecular formula is C26H23N3O8S. The number of nitro benzene ring substituents is 1. The maximum atomic E-state index is 13.7. The molecule has 0 saturated heterocycles. The molecule has 0 spiro atoms. The van der Waals surface area contributed by atoms with E-state index in [2.05, 4.69) is 10.3 Å². The van der Waals surface area contributed by atoms with Crippen LogP contribution >= 0.6 is 0 Å². The second-order valence-electron chi connectivity index (χ2n) is 8.26. The van der Waals surface area contributed by atoms with Gasteiger partial charge in [-0.2, -0.15) is 4.98 Å². The fourth-order valence-electron chi connectivity index (χ4n) is 3.94. The number of hydrogen-bond acceptors (Lipinski definition) is 10. The lowest BCUT2D eigenvalue weighted by atomic mass is 10.1. The predicted octanol–water partition coefficient (Wildman–Crippen LogP) is 4.52. The van der Waals surface area contributed by atoms with Gasteiger partial charge in [-0.05, 0) is 42.3 Å². The van der Waals surface area contributed by atoms with Crippen molar-refractivity contribution in [3.05, 3.63) is 82.4 Å². The molecule has 0 amide bonds. The molecule has 1 aromatic heterocycles. The van der Waals surface area contributed by atoms with Gasteiger partial charge in [0.25, 0.3) is 5.69 Å². The first-order valence-corrected chi connectivity index (χ1v) is 13.1. The third kappa shape index (κ3) is 4.98. The molecule has 0 unspecified atom stereocenters. The van der Waals surface area contributed by atoms with Gasteiger partial charge in [0.1, 0.15) is 24.5 Å². The molecule has 2 heterocycles. The van der Waals surface area contributed by atoms with Crippen molar-refractivity contribution in [3.63, 3.8) is 0 Å². The Morgan fingerprint density at radius 2 is 1.76 bits per heavy atom. The van der Waals surface area contributed by atoms with E-state index in [0.29, 0.717) is 37.7 Å². The smallest absolute Gasteiger partial charge is 0.282 e. The molecule has 0 radical (unpaired) electrons. The van der Waals surface area contributed by atoms with Crippen LogP contribution in [0.2, 0.25) is 0 Å². The van der Waals surface area contributed by atoms with Gasteiger partial charge in [0.2, 0.25) is 26.6 Å². The van der Waals surface area contributed by atoms with Crippen LogP contribution in [0, 0.1) is 10.1 Å². The number of sulfone groups is 1. The zero-order chi connectivity index (χ0) is 26.7. The van der Waals surface area contributed by atoms with Gasteiger partial charge in [0.05, 0.1) is 16.9 Å². The van der Waals surface area contributed by atoms with Crippen LogP contribution in [-0.2, 0) is 16.3 Å². The number of para-hydroxylation sites is 1. The van der Waals surface area contributed by atoms with Crippen molar-refractivity contribution in [1.29, 1.82) is 0 Å². The van der Waals surface area contributed by atoms with Gasteiger partial charge in [-0.15, -0.1) is 0 Å². The average Bonchev–Trinajstić information content (AvgIpc) is 3.38. The summed E-state index contributed by atoms with van der Waals surface area (Å²) in [5, 5.41) is 14.2. The Morgan fingerprint density at radius 1 is 1.03 bits per heavy atom. The first-order chi connectivity index (χ1) is 18.4. The van der Waals surface area contributed by atoms with E-state index in [0.717, 1.165) is 11.3 Å². The second-order valence-corrected chi connectivity index (χ2v) is 10.1. The van der Waals surface area contributed by atoms with E-state index in [4.69, 9.17) is 18.6 Å². The Kier molecular flexibility index (Phi) is 6.88. The van der Waals surface area contributed by atoms with Gasteiger partial charge in [-0.1, -0.05) is 24.3 Å². The zero-order valence-electron chi connectivity index (χ0n) is 20.2. The molecule has 11 nitrogen and oxygen atoms in total. The first-order valence-electron chi connectivity index (χ1n) is 11.6. The highest BCUT2D eigenvalue weighted by Crippen LogP contribution is 2.38. The lowest BCUT2D eigenvalue weighted by Gasteiger charge is -2.18. The number of methoxy groups -OCH3 is 1. The molecule has 1 aliphatic rings. The minimum atomic E-state index is -4.22. The van der Waals surface area contributed by atoms with Crippen molar-refractivity contribution in [2.75, 3.05) is 32.2 Å². The molecule has 5 rings (SSSR count). The third-order valence-corrected chi connectivity index (χ3v) is 7.52. The number of rotatable bonds is 9. The Hall–Kier alpha value is -4.58. The van der Waals surface area contributed by atoms with Gasteiger partial charge in [-0.3, -0.25) is 10.1 Å². The number of nitrogens with one attached hydrogen (secondary N) is 1. The van der Waals surface area contributed by atoms with Crippen molar-refractivity contribution in [1.82, 2.24) is 4.98 Å². The molecule has 4 aromatic rings. The lowest BCUT2D eigenvalue weighted by Crippen LogP contribution is -2.16. The molecule has 196 valence electrons. The maximum Gasteiger partial charge on any atom is 0.282 e. The topological polar surface area (TPSA) is 143 Å². The molecular weight excluding hydrogens is 514 g/mol. The molecule has 1 N–H and O–H groups in total. The summed E-state index contributed by atoms with van der Waals surface area (Å²) in [5.74, 6) is 1.14. The standard InChI is InChI=1S/C26H23N3O8S/c1-34-18-8-6-17(7-9-18)12-13-27-25-26(28-24(37-25)20-4-2-3-5-21(20)29(30)31)38(32,33)19-10-11-22-23(16-19)36-15-14-35-22/h2-11,16,27H,12-15H2,1H3. The quantitative estimate of drug-likeness (QED) is 0.239. The van der Waals surface area contributed by atoms with E-state index < -0.39 is 19.8 Å². The maximum absolute atomic E-state index is 13.7. The molecule has 0 atom stereocenters. The van der Waals surface area contributed by atoms with Gasteiger partial charge in [-0.25, -0.2) is 8.42 Å². The highest BCUT2D eigenvalue weighted by Gasteiger charge is 2.31. The molecule has 3 aromatic carbocycles. The Labute approximate surface area is 218 Å². The van der Waals surface area contributed by atoms with Crippen molar-refractivity contribution in [2.24, 2.45) is 0 Å². The van der Waals surface area contributed by atoms with Crippen LogP contribution in [0.25, 0.3) is 11.5 Å². The van der Waals surface area contributed by atoms with E-state index in [1.54, 1.807) is 13.2 Å². The van der Waals surface area contributed by atoms with E-state index in [1.165, 1.54) is 36.4 Å². The number of benzene rings is 3. The van der Waals surface area contributed by atoms with Gasteiger partial charge >= 0.3 is 0 Å². The summed E-state index contributed by atoms with van der Waals surface area (Å²) in [6, 6.07) is 17.6. The van der Waals surface area contributed by atoms with Crippen LogP contribution in [0.5, 0.6) is 17.2 Å². The molecule has 38 heavy (non-hydrogen) atoms. The number of oxazole rings is 1. The molecule has 12 heteroatoms. The van der Waals surface area contributed by atoms with E-state index in [-0.39, 0.29) is 27.9 Å². The lowest BCUT2D eigenvalue weighted by molar-refractivity contribution is -0.384. The van der Waals surface area contributed by atoms with Crippen molar-refractivity contribution in [3.8, 4) is 28.7 Å². The van der Waals surface area contributed by atoms with Crippen molar-refractivity contribution < 1.29 is 32.0 Å². The summed E-state index contributed by atoms with van der Waals surface area (Å²) in [5.41, 5.74) is 0.772. The van der Waals surface area contributed by atoms with E-state index in [1.807, 2.05) is 24.3 Å². The number of anilines is 1. The van der Waals surface area contributed by atoms with E-state index >= 15 is 0 Å². The zero-order valence-corrected chi connectivity index (χ0v) is 21.1. The van der Waals surface area contributed by atoms with Gasteiger partial charge in [0.15, 0.2) is 11.5 Å². The summed E-state index contributed by atoms with van der Waals surface area (Å²) in [4.78, 5) is 15.1. The SMILES string of the molecule is COc1ccc(CCNc2oc(-c3ccccc3[N+](=O)[O-])nc2S(=O)(=O)c2ccc3c(c2)OCCO3)cc1. The first kappa shape index (κ1) is 25.1. The van der Waals surface area contributed by atoms with Crippen LogP contribution in [-0.4, -0.2) is 45.2 Å².